The first-order valence-electron chi connectivity index (χ1n) is 7.00. The number of nitro benzene ring substituents is 1. The van der Waals surface area contributed by atoms with Crippen LogP contribution in [0.1, 0.15) is 48.1 Å². The van der Waals surface area contributed by atoms with E-state index in [1.165, 1.54) is 5.56 Å². The summed E-state index contributed by atoms with van der Waals surface area (Å²) in [6.07, 6.45) is 0. The normalized spacial score (nSPS) is 12.4. The molecule has 1 unspecified atom stereocenters. The summed E-state index contributed by atoms with van der Waals surface area (Å²) in [5, 5.41) is 10.9. The van der Waals surface area contributed by atoms with Gasteiger partial charge in [-0.1, -0.05) is 44.2 Å². The molecule has 4 heteroatoms. The van der Waals surface area contributed by atoms with Crippen LogP contribution in [0.15, 0.2) is 42.5 Å². The first-order chi connectivity index (χ1) is 9.88. The summed E-state index contributed by atoms with van der Waals surface area (Å²) in [5.41, 5.74) is 10.2. The summed E-state index contributed by atoms with van der Waals surface area (Å²) in [4.78, 5) is 10.6. The van der Waals surface area contributed by atoms with Crippen molar-refractivity contribution in [1.82, 2.24) is 0 Å². The van der Waals surface area contributed by atoms with Crippen molar-refractivity contribution < 1.29 is 4.92 Å². The van der Waals surface area contributed by atoms with Crippen molar-refractivity contribution in [3.8, 4) is 0 Å². The number of benzene rings is 2. The molecule has 4 nitrogen and oxygen atoms in total. The summed E-state index contributed by atoms with van der Waals surface area (Å²) < 4.78 is 0. The van der Waals surface area contributed by atoms with Crippen LogP contribution in [0.5, 0.6) is 0 Å². The standard InChI is InChI=1S/C17H20N2O2/c1-11(2)13-4-6-14(7-5-13)17(18)15-8-12(3)9-16(10-15)19(20)21/h4-11,17H,18H2,1-3H3. The minimum absolute atomic E-state index is 0.0826. The van der Waals surface area contributed by atoms with Crippen molar-refractivity contribution in [2.75, 3.05) is 0 Å². The second kappa shape index (κ2) is 6.06. The minimum Gasteiger partial charge on any atom is -0.320 e. The van der Waals surface area contributed by atoms with E-state index in [-0.39, 0.29) is 16.7 Å². The van der Waals surface area contributed by atoms with Crippen LogP contribution >= 0.6 is 0 Å². The van der Waals surface area contributed by atoms with Gasteiger partial charge in [-0.2, -0.15) is 0 Å². The predicted molar refractivity (Wildman–Crippen MR) is 84.4 cm³/mol. The highest BCUT2D eigenvalue weighted by Crippen LogP contribution is 2.26. The Kier molecular flexibility index (Phi) is 4.38. The lowest BCUT2D eigenvalue weighted by atomic mass is 9.95. The van der Waals surface area contributed by atoms with Crippen molar-refractivity contribution >= 4 is 5.69 Å². The Balaban J connectivity index is 2.35. The lowest BCUT2D eigenvalue weighted by molar-refractivity contribution is -0.385. The van der Waals surface area contributed by atoms with E-state index in [1.807, 2.05) is 25.1 Å². The Hall–Kier alpha value is -2.20. The molecule has 0 saturated carbocycles. The topological polar surface area (TPSA) is 69.2 Å². The molecule has 0 spiro atoms. The van der Waals surface area contributed by atoms with Gasteiger partial charge in [0.1, 0.15) is 0 Å². The summed E-state index contributed by atoms with van der Waals surface area (Å²) in [6.45, 7) is 6.11. The SMILES string of the molecule is Cc1cc(C(N)c2ccc(C(C)C)cc2)cc([N+](=O)[O-])c1. The van der Waals surface area contributed by atoms with Crippen molar-refractivity contribution in [3.05, 3.63) is 74.8 Å². The van der Waals surface area contributed by atoms with Gasteiger partial charge in [0.05, 0.1) is 11.0 Å². The van der Waals surface area contributed by atoms with Gasteiger partial charge in [-0.15, -0.1) is 0 Å². The van der Waals surface area contributed by atoms with Gasteiger partial charge in [0.25, 0.3) is 5.69 Å². The highest BCUT2D eigenvalue weighted by Gasteiger charge is 2.14. The number of hydrogen-bond donors (Lipinski definition) is 1. The van der Waals surface area contributed by atoms with E-state index in [9.17, 15) is 10.1 Å². The Labute approximate surface area is 124 Å². The summed E-state index contributed by atoms with van der Waals surface area (Å²) >= 11 is 0. The van der Waals surface area contributed by atoms with E-state index < -0.39 is 0 Å². The van der Waals surface area contributed by atoms with E-state index >= 15 is 0 Å². The molecule has 0 heterocycles. The molecule has 21 heavy (non-hydrogen) atoms. The highest BCUT2D eigenvalue weighted by molar-refractivity contribution is 5.43. The third-order valence-electron chi connectivity index (χ3n) is 3.62. The van der Waals surface area contributed by atoms with Gasteiger partial charge in [0.15, 0.2) is 0 Å². The quantitative estimate of drug-likeness (QED) is 0.679. The zero-order chi connectivity index (χ0) is 15.6. The van der Waals surface area contributed by atoms with Gasteiger partial charge in [0.2, 0.25) is 0 Å². The molecule has 0 saturated heterocycles. The maximum Gasteiger partial charge on any atom is 0.270 e. The van der Waals surface area contributed by atoms with Crippen LogP contribution in [0, 0.1) is 17.0 Å². The fourth-order valence-electron chi connectivity index (χ4n) is 2.36. The molecule has 1 atom stereocenters. The first-order valence-corrected chi connectivity index (χ1v) is 7.00. The Morgan fingerprint density at radius 3 is 2.10 bits per heavy atom. The highest BCUT2D eigenvalue weighted by atomic mass is 16.6. The van der Waals surface area contributed by atoms with Crippen LogP contribution in [0.4, 0.5) is 5.69 Å². The monoisotopic (exact) mass is 284 g/mol. The van der Waals surface area contributed by atoms with Gasteiger partial charge in [-0.05, 0) is 35.1 Å². The molecule has 0 bridgehead atoms. The van der Waals surface area contributed by atoms with E-state index in [1.54, 1.807) is 12.1 Å². The van der Waals surface area contributed by atoms with Gasteiger partial charge in [-0.3, -0.25) is 10.1 Å². The average Bonchev–Trinajstić information content (AvgIpc) is 2.45. The fourth-order valence-corrected chi connectivity index (χ4v) is 2.36. The molecule has 2 rings (SSSR count). The molecular weight excluding hydrogens is 264 g/mol. The maximum absolute atomic E-state index is 10.9. The number of aryl methyl sites for hydroxylation is 1. The number of nitrogens with two attached hydrogens (primary N) is 1. The van der Waals surface area contributed by atoms with Crippen LogP contribution in [-0.4, -0.2) is 4.92 Å². The molecule has 2 aromatic carbocycles. The number of non-ortho nitro benzene ring substituents is 1. The molecule has 0 fully saturated rings. The predicted octanol–water partition coefficient (Wildman–Crippen LogP) is 4.07. The zero-order valence-corrected chi connectivity index (χ0v) is 12.5. The molecule has 110 valence electrons. The van der Waals surface area contributed by atoms with Crippen molar-refractivity contribution in [2.24, 2.45) is 5.73 Å². The van der Waals surface area contributed by atoms with Gasteiger partial charge >= 0.3 is 0 Å². The van der Waals surface area contributed by atoms with Crippen LogP contribution in [0.25, 0.3) is 0 Å². The summed E-state index contributed by atoms with van der Waals surface area (Å²) in [6, 6.07) is 12.8. The smallest absolute Gasteiger partial charge is 0.270 e. The van der Waals surface area contributed by atoms with Gasteiger partial charge < -0.3 is 5.73 Å². The van der Waals surface area contributed by atoms with E-state index in [2.05, 4.69) is 26.0 Å². The minimum atomic E-state index is -0.384. The Morgan fingerprint density at radius 1 is 1.00 bits per heavy atom. The van der Waals surface area contributed by atoms with Crippen molar-refractivity contribution in [1.29, 1.82) is 0 Å². The Bertz CT molecular complexity index is 648. The molecule has 0 radical (unpaired) electrons. The second-order valence-corrected chi connectivity index (χ2v) is 5.66. The van der Waals surface area contributed by atoms with Crippen LogP contribution in [0.2, 0.25) is 0 Å². The van der Waals surface area contributed by atoms with Gasteiger partial charge in [0, 0.05) is 12.1 Å². The Morgan fingerprint density at radius 2 is 1.57 bits per heavy atom. The fraction of sp³-hybridized carbons (Fsp3) is 0.294. The molecule has 0 aromatic heterocycles. The molecule has 2 N–H and O–H groups in total. The lowest BCUT2D eigenvalue weighted by Gasteiger charge is -2.14. The average molecular weight is 284 g/mol. The summed E-state index contributed by atoms with van der Waals surface area (Å²) in [7, 11) is 0. The zero-order valence-electron chi connectivity index (χ0n) is 12.5. The van der Waals surface area contributed by atoms with Crippen LogP contribution < -0.4 is 5.73 Å². The number of hydrogen-bond acceptors (Lipinski definition) is 3. The third-order valence-corrected chi connectivity index (χ3v) is 3.62. The van der Waals surface area contributed by atoms with Crippen LogP contribution in [-0.2, 0) is 0 Å². The molecule has 0 amide bonds. The van der Waals surface area contributed by atoms with E-state index in [4.69, 9.17) is 5.73 Å². The largest absolute Gasteiger partial charge is 0.320 e. The first kappa shape index (κ1) is 15.2. The summed E-state index contributed by atoms with van der Waals surface area (Å²) in [5.74, 6) is 0.468. The number of nitrogens with zero attached hydrogens (tertiary/aromatic N) is 1. The van der Waals surface area contributed by atoms with Crippen molar-refractivity contribution in [3.63, 3.8) is 0 Å². The second-order valence-electron chi connectivity index (χ2n) is 5.66. The third kappa shape index (κ3) is 3.47. The molecule has 0 aliphatic heterocycles. The lowest BCUT2D eigenvalue weighted by Crippen LogP contribution is -2.12. The number of rotatable bonds is 4. The van der Waals surface area contributed by atoms with E-state index in [0.29, 0.717) is 5.92 Å². The molecule has 0 aliphatic rings. The van der Waals surface area contributed by atoms with E-state index in [0.717, 1.165) is 16.7 Å². The molecule has 2 aromatic rings. The molecular formula is C17H20N2O2. The van der Waals surface area contributed by atoms with Crippen molar-refractivity contribution in [2.45, 2.75) is 32.7 Å². The van der Waals surface area contributed by atoms with Crippen LogP contribution in [0.3, 0.4) is 0 Å². The number of nitro groups is 1. The molecule has 0 aliphatic carbocycles. The maximum atomic E-state index is 10.9. The van der Waals surface area contributed by atoms with Gasteiger partial charge in [-0.25, -0.2) is 0 Å².